The van der Waals surface area contributed by atoms with Crippen molar-refractivity contribution >= 4 is 0 Å². The second kappa shape index (κ2) is 156. The lowest BCUT2D eigenvalue weighted by Crippen LogP contribution is -2.07. The minimum Gasteiger partial charge on any atom is -0.0683 e. The van der Waals surface area contributed by atoms with Gasteiger partial charge in [0.05, 0.1) is 0 Å². The first-order valence-electron chi connectivity index (χ1n) is 27.5. The maximum absolute atomic E-state index is 2.33. The molecule has 0 aromatic carbocycles. The van der Waals surface area contributed by atoms with Crippen LogP contribution in [0.15, 0.2) is 0 Å². The number of hydrogen-bond acceptors (Lipinski definition) is 0. The molecule has 0 heterocycles. The molecule has 0 spiro atoms. The topological polar surface area (TPSA) is 0 Å². The van der Waals surface area contributed by atoms with Crippen molar-refractivity contribution in [3.63, 3.8) is 0 Å². The molecule has 0 nitrogen and oxygen atoms in total. The van der Waals surface area contributed by atoms with E-state index in [1.54, 1.807) is 0 Å². The van der Waals surface area contributed by atoms with E-state index >= 15 is 0 Å². The number of unbranched alkanes of at least 4 members (excludes halogenated alkanes) is 12. The molecule has 0 aliphatic carbocycles. The SMILES string of the molecule is CC.CC.CC.CC.CC.CC.CC.CC.CC.CC.CCCC(C)(C)CC.CCCC(C)(C)CC.CCCCCC.CCCCCCC.CCCCCCCC. The first-order valence-corrected chi connectivity index (χ1v) is 27.5. The second-order valence-corrected chi connectivity index (χ2v) is 12.7. The zero-order valence-electron chi connectivity index (χ0n) is 49.8. The molecule has 0 aromatic rings. The first-order chi connectivity index (χ1) is 27.5. The molecule has 57 heavy (non-hydrogen) atoms. The molecule has 0 saturated heterocycles. The summed E-state index contributed by atoms with van der Waals surface area (Å²) in [5.41, 5.74) is 1.18. The van der Waals surface area contributed by atoms with Crippen LogP contribution in [0, 0.1) is 10.8 Å². The van der Waals surface area contributed by atoms with E-state index in [0.29, 0.717) is 10.8 Å². The highest BCUT2D eigenvalue weighted by Crippen LogP contribution is 2.25. The molecular formula is C57H144. The van der Waals surface area contributed by atoms with Gasteiger partial charge in [-0.1, -0.05) is 357 Å². The van der Waals surface area contributed by atoms with Gasteiger partial charge >= 0.3 is 0 Å². The van der Waals surface area contributed by atoms with Gasteiger partial charge in [0.2, 0.25) is 0 Å². The van der Waals surface area contributed by atoms with Crippen molar-refractivity contribution in [3.05, 3.63) is 0 Å². The third kappa shape index (κ3) is 242. The lowest BCUT2D eigenvalue weighted by molar-refractivity contribution is 0.318. The fourth-order valence-corrected chi connectivity index (χ4v) is 3.74. The molecule has 0 atom stereocenters. The van der Waals surface area contributed by atoms with E-state index in [2.05, 4.69) is 96.9 Å². The summed E-state index contributed by atoms with van der Waals surface area (Å²) >= 11 is 0. The van der Waals surface area contributed by atoms with Gasteiger partial charge in [-0.3, -0.25) is 0 Å². The Hall–Kier alpha value is 0. The Balaban J connectivity index is -0.0000000268. The van der Waals surface area contributed by atoms with Gasteiger partial charge in [0.15, 0.2) is 0 Å². The van der Waals surface area contributed by atoms with Crippen LogP contribution in [0.3, 0.4) is 0 Å². The molecule has 0 aliphatic heterocycles. The van der Waals surface area contributed by atoms with Crippen molar-refractivity contribution in [2.45, 2.75) is 370 Å². The van der Waals surface area contributed by atoms with Gasteiger partial charge in [-0.05, 0) is 23.7 Å². The molecule has 0 rings (SSSR count). The molecule has 0 saturated carbocycles. The summed E-state index contributed by atoms with van der Waals surface area (Å²) in [6.07, 6.45) is 29.0. The zero-order valence-corrected chi connectivity index (χ0v) is 49.8. The van der Waals surface area contributed by atoms with Crippen LogP contribution in [0.5, 0.6) is 0 Å². The van der Waals surface area contributed by atoms with Gasteiger partial charge in [-0.2, -0.15) is 0 Å². The highest BCUT2D eigenvalue weighted by Gasteiger charge is 2.12. The van der Waals surface area contributed by atoms with Crippen molar-refractivity contribution in [1.82, 2.24) is 0 Å². The van der Waals surface area contributed by atoms with E-state index in [9.17, 15) is 0 Å². The maximum atomic E-state index is 2.33. The standard InChI is InChI=1S/3C8H18.C7H16.C6H14.10C2H6/c2*1-5-7-8(3,4)6-2;1-3-5-7-8-6-4-2;1-3-5-7-6-4-2;1-3-5-6-4-2;10*1-2/h2*5-7H2,1-4H3;3-8H2,1-2H3;3-7H2,1-2H3;3-6H2,1-2H3;10*1-2H3. The van der Waals surface area contributed by atoms with E-state index in [1.165, 1.54) is 135 Å². The Bertz CT molecular complexity index is 293. The second-order valence-electron chi connectivity index (χ2n) is 12.7. The first kappa shape index (κ1) is 101. The summed E-state index contributed by atoms with van der Waals surface area (Å²) in [7, 11) is 0. The Morgan fingerprint density at radius 1 is 0.193 bits per heavy atom. The van der Waals surface area contributed by atoms with Crippen LogP contribution in [0.25, 0.3) is 0 Å². The third-order valence-electron chi connectivity index (χ3n) is 7.39. The molecule has 0 aromatic heterocycles. The molecule has 0 amide bonds. The van der Waals surface area contributed by atoms with E-state index in [4.69, 9.17) is 0 Å². The lowest BCUT2D eigenvalue weighted by atomic mass is 9.86. The predicted molar refractivity (Wildman–Crippen MR) is 295 cm³/mol. The number of rotatable bonds is 18. The summed E-state index contributed by atoms with van der Waals surface area (Å²) in [5.74, 6) is 0. The largest absolute Gasteiger partial charge is 0.0683 e. The zero-order chi connectivity index (χ0) is 49.8. The van der Waals surface area contributed by atoms with Crippen LogP contribution in [0.2, 0.25) is 0 Å². The Labute approximate surface area is 379 Å². The summed E-state index contributed by atoms with van der Waals surface area (Å²) in [6.45, 7) is 71.8. The third-order valence-corrected chi connectivity index (χ3v) is 7.39. The summed E-state index contributed by atoms with van der Waals surface area (Å²) in [6, 6.07) is 0. The van der Waals surface area contributed by atoms with E-state index in [0.717, 1.165) is 0 Å². The lowest BCUT2D eigenvalue weighted by Gasteiger charge is -2.20. The number of hydrogen-bond donors (Lipinski definition) is 0. The van der Waals surface area contributed by atoms with Crippen molar-refractivity contribution in [3.8, 4) is 0 Å². The molecule has 0 unspecified atom stereocenters. The Kier molecular flexibility index (Phi) is 277. The van der Waals surface area contributed by atoms with Crippen LogP contribution < -0.4 is 0 Å². The van der Waals surface area contributed by atoms with Crippen LogP contribution in [0.4, 0.5) is 0 Å². The molecule has 0 fully saturated rings. The van der Waals surface area contributed by atoms with Gasteiger partial charge in [0, 0.05) is 0 Å². The van der Waals surface area contributed by atoms with Crippen LogP contribution in [-0.4, -0.2) is 0 Å². The van der Waals surface area contributed by atoms with Crippen molar-refractivity contribution in [2.24, 2.45) is 10.8 Å². The monoisotopic (exact) mass is 829 g/mol. The van der Waals surface area contributed by atoms with Crippen LogP contribution >= 0.6 is 0 Å². The van der Waals surface area contributed by atoms with Gasteiger partial charge in [-0.25, -0.2) is 0 Å². The molecule has 372 valence electrons. The fourth-order valence-electron chi connectivity index (χ4n) is 3.74. The predicted octanol–water partition coefficient (Wildman–Crippen LogP) is 25.6. The van der Waals surface area contributed by atoms with E-state index < -0.39 is 0 Å². The molecule has 0 aliphatic rings. The van der Waals surface area contributed by atoms with Gasteiger partial charge < -0.3 is 0 Å². The minimum absolute atomic E-state index is 0.592. The van der Waals surface area contributed by atoms with Crippen molar-refractivity contribution in [2.75, 3.05) is 0 Å². The average molecular weight is 830 g/mol. The molecular weight excluding hydrogens is 685 g/mol. The van der Waals surface area contributed by atoms with Gasteiger partial charge in [0.25, 0.3) is 0 Å². The summed E-state index contributed by atoms with van der Waals surface area (Å²) < 4.78 is 0. The Morgan fingerprint density at radius 2 is 0.316 bits per heavy atom. The Morgan fingerprint density at radius 3 is 0.404 bits per heavy atom. The maximum Gasteiger partial charge on any atom is -0.0357 e. The highest BCUT2D eigenvalue weighted by molar-refractivity contribution is 4.64. The highest BCUT2D eigenvalue weighted by atomic mass is 14.2. The van der Waals surface area contributed by atoms with Crippen LogP contribution in [0.1, 0.15) is 370 Å². The summed E-state index contributed by atoms with van der Waals surface area (Å²) in [4.78, 5) is 0. The minimum atomic E-state index is 0.592. The average Bonchev–Trinajstić information content (AvgIpc) is 3.30. The fraction of sp³-hybridized carbons (Fsp3) is 1.00. The normalized spacial score (nSPS) is 7.89. The molecule has 0 heteroatoms. The molecule has 0 bridgehead atoms. The smallest absolute Gasteiger partial charge is 0.0357 e. The molecule has 0 radical (unpaired) electrons. The van der Waals surface area contributed by atoms with Crippen molar-refractivity contribution in [1.29, 1.82) is 0 Å². The van der Waals surface area contributed by atoms with Gasteiger partial charge in [0.1, 0.15) is 0 Å². The van der Waals surface area contributed by atoms with Crippen molar-refractivity contribution < 1.29 is 0 Å². The molecule has 0 N–H and O–H groups in total. The van der Waals surface area contributed by atoms with Gasteiger partial charge in [-0.15, -0.1) is 0 Å². The summed E-state index contributed by atoms with van der Waals surface area (Å²) in [5, 5.41) is 0. The van der Waals surface area contributed by atoms with E-state index in [-0.39, 0.29) is 0 Å². The van der Waals surface area contributed by atoms with Crippen LogP contribution in [-0.2, 0) is 0 Å². The van der Waals surface area contributed by atoms with E-state index in [1.807, 2.05) is 138 Å². The quantitative estimate of drug-likeness (QED) is 0.121.